The Kier molecular flexibility index (Phi) is 5.04. The molecule has 2 amide bonds. The van der Waals surface area contributed by atoms with E-state index in [1.807, 2.05) is 0 Å². The number of urea groups is 1. The number of carboxylic acid groups (broad SMARTS) is 1. The van der Waals surface area contributed by atoms with Gasteiger partial charge >= 0.3 is 12.0 Å². The highest BCUT2D eigenvalue weighted by Crippen LogP contribution is 2.00. The van der Waals surface area contributed by atoms with Crippen molar-refractivity contribution in [1.82, 2.24) is 15.5 Å². The number of carboxylic acids is 1. The Morgan fingerprint density at radius 1 is 1.44 bits per heavy atom. The van der Waals surface area contributed by atoms with Crippen LogP contribution in [0.4, 0.5) is 4.79 Å². The van der Waals surface area contributed by atoms with Crippen LogP contribution in [-0.4, -0.2) is 54.7 Å². The van der Waals surface area contributed by atoms with E-state index in [1.54, 1.807) is 11.8 Å². The highest BCUT2D eigenvalue weighted by molar-refractivity contribution is 5.74. The Labute approximate surface area is 95.0 Å². The van der Waals surface area contributed by atoms with Gasteiger partial charge in [-0.3, -0.25) is 4.79 Å². The second kappa shape index (κ2) is 6.32. The number of hydrogen-bond donors (Lipinski definition) is 3. The van der Waals surface area contributed by atoms with E-state index in [1.165, 1.54) is 0 Å². The monoisotopic (exact) mass is 229 g/mol. The maximum Gasteiger partial charge on any atom is 0.317 e. The molecule has 0 aromatic rings. The first-order chi connectivity index (χ1) is 7.61. The average molecular weight is 229 g/mol. The average Bonchev–Trinajstić information content (AvgIpc) is 2.29. The summed E-state index contributed by atoms with van der Waals surface area (Å²) in [6.45, 7) is 5.11. The van der Waals surface area contributed by atoms with Gasteiger partial charge in [-0.05, 0) is 6.42 Å². The van der Waals surface area contributed by atoms with Crippen LogP contribution < -0.4 is 10.6 Å². The molecule has 0 aliphatic carbocycles. The first-order valence-electron chi connectivity index (χ1n) is 5.57. The van der Waals surface area contributed by atoms with Crippen molar-refractivity contribution >= 4 is 12.0 Å². The number of nitrogens with zero attached hydrogens (tertiary/aromatic N) is 1. The molecule has 1 unspecified atom stereocenters. The van der Waals surface area contributed by atoms with E-state index >= 15 is 0 Å². The third-order valence-corrected chi connectivity index (χ3v) is 2.68. The maximum absolute atomic E-state index is 11.6. The molecule has 92 valence electrons. The zero-order chi connectivity index (χ0) is 12.0. The molecule has 0 bridgehead atoms. The summed E-state index contributed by atoms with van der Waals surface area (Å²) < 4.78 is 0. The van der Waals surface area contributed by atoms with Crippen molar-refractivity contribution in [1.29, 1.82) is 0 Å². The molecule has 1 rings (SSSR count). The fourth-order valence-electron chi connectivity index (χ4n) is 1.50. The summed E-state index contributed by atoms with van der Waals surface area (Å²) in [6, 6.07) is -0.0981. The second-order valence-electron chi connectivity index (χ2n) is 4.00. The Hall–Kier alpha value is -1.30. The number of amides is 2. The van der Waals surface area contributed by atoms with E-state index < -0.39 is 11.9 Å². The third-order valence-electron chi connectivity index (χ3n) is 2.68. The maximum atomic E-state index is 11.6. The molecule has 0 aromatic heterocycles. The molecule has 0 saturated carbocycles. The van der Waals surface area contributed by atoms with Gasteiger partial charge < -0.3 is 20.6 Å². The Morgan fingerprint density at radius 2 is 2.06 bits per heavy atom. The molecule has 1 saturated heterocycles. The van der Waals surface area contributed by atoms with Crippen LogP contribution in [0, 0.1) is 5.92 Å². The minimum Gasteiger partial charge on any atom is -0.481 e. The molecule has 0 aromatic carbocycles. The molecule has 0 radical (unpaired) electrons. The molecular formula is C10H19N3O3. The number of carbonyl (C=O) groups excluding carboxylic acids is 1. The van der Waals surface area contributed by atoms with Crippen LogP contribution in [0.5, 0.6) is 0 Å². The quantitative estimate of drug-likeness (QED) is 0.619. The first kappa shape index (κ1) is 12.8. The molecule has 0 spiro atoms. The van der Waals surface area contributed by atoms with Crippen LogP contribution in [0.25, 0.3) is 0 Å². The molecule has 1 fully saturated rings. The number of piperazine rings is 1. The Bertz CT molecular complexity index is 252. The minimum absolute atomic E-state index is 0.0981. The predicted molar refractivity (Wildman–Crippen MR) is 59.3 cm³/mol. The topological polar surface area (TPSA) is 81.7 Å². The standard InChI is InChI=1S/C10H19N3O3/c1-8(9(14)15)2-3-12-10(16)13-6-4-11-5-7-13/h8,11H,2-7H2,1H3,(H,12,16)(H,14,15). The van der Waals surface area contributed by atoms with E-state index in [0.717, 1.165) is 13.1 Å². The van der Waals surface area contributed by atoms with Crippen molar-refractivity contribution in [2.45, 2.75) is 13.3 Å². The summed E-state index contributed by atoms with van der Waals surface area (Å²) in [5, 5.41) is 14.6. The number of rotatable bonds is 4. The van der Waals surface area contributed by atoms with Crippen molar-refractivity contribution in [3.8, 4) is 0 Å². The van der Waals surface area contributed by atoms with Gasteiger partial charge in [-0.2, -0.15) is 0 Å². The van der Waals surface area contributed by atoms with Crippen LogP contribution in [0.3, 0.4) is 0 Å². The van der Waals surface area contributed by atoms with Crippen LogP contribution in [0.15, 0.2) is 0 Å². The molecule has 1 heterocycles. The largest absolute Gasteiger partial charge is 0.481 e. The van der Waals surface area contributed by atoms with Gasteiger partial charge in [-0.15, -0.1) is 0 Å². The number of carbonyl (C=O) groups is 2. The van der Waals surface area contributed by atoms with Gasteiger partial charge in [0.1, 0.15) is 0 Å². The lowest BCUT2D eigenvalue weighted by Gasteiger charge is -2.27. The predicted octanol–water partition coefficient (Wildman–Crippen LogP) is -0.288. The lowest BCUT2D eigenvalue weighted by molar-refractivity contribution is -0.141. The lowest BCUT2D eigenvalue weighted by Crippen LogP contribution is -2.50. The molecule has 16 heavy (non-hydrogen) atoms. The highest BCUT2D eigenvalue weighted by atomic mass is 16.4. The Morgan fingerprint density at radius 3 is 2.62 bits per heavy atom. The van der Waals surface area contributed by atoms with Gasteiger partial charge in [0.25, 0.3) is 0 Å². The molecule has 1 aliphatic heterocycles. The second-order valence-corrected chi connectivity index (χ2v) is 4.00. The molecule has 1 atom stereocenters. The van der Waals surface area contributed by atoms with Crippen LogP contribution in [-0.2, 0) is 4.79 Å². The van der Waals surface area contributed by atoms with E-state index in [2.05, 4.69) is 10.6 Å². The summed E-state index contributed by atoms with van der Waals surface area (Å²) in [7, 11) is 0. The van der Waals surface area contributed by atoms with E-state index in [9.17, 15) is 9.59 Å². The van der Waals surface area contributed by atoms with Crippen molar-refractivity contribution in [2.75, 3.05) is 32.7 Å². The molecule has 6 nitrogen and oxygen atoms in total. The van der Waals surface area contributed by atoms with E-state index in [0.29, 0.717) is 26.1 Å². The first-order valence-corrected chi connectivity index (χ1v) is 5.57. The number of hydrogen-bond acceptors (Lipinski definition) is 3. The summed E-state index contributed by atoms with van der Waals surface area (Å²) >= 11 is 0. The van der Waals surface area contributed by atoms with Crippen molar-refractivity contribution < 1.29 is 14.7 Å². The fourth-order valence-corrected chi connectivity index (χ4v) is 1.50. The summed E-state index contributed by atoms with van der Waals surface area (Å²) in [5.74, 6) is -1.24. The lowest BCUT2D eigenvalue weighted by atomic mass is 10.1. The van der Waals surface area contributed by atoms with Gasteiger partial charge in [0.2, 0.25) is 0 Å². The summed E-state index contributed by atoms with van der Waals surface area (Å²) in [5.41, 5.74) is 0. The van der Waals surface area contributed by atoms with Crippen LogP contribution in [0.2, 0.25) is 0 Å². The van der Waals surface area contributed by atoms with E-state index in [-0.39, 0.29) is 6.03 Å². The van der Waals surface area contributed by atoms with Crippen molar-refractivity contribution in [2.24, 2.45) is 5.92 Å². The van der Waals surface area contributed by atoms with Crippen LogP contribution in [0.1, 0.15) is 13.3 Å². The summed E-state index contributed by atoms with van der Waals surface area (Å²) in [4.78, 5) is 23.9. The normalized spacial score (nSPS) is 17.9. The zero-order valence-electron chi connectivity index (χ0n) is 9.53. The molecular weight excluding hydrogens is 210 g/mol. The highest BCUT2D eigenvalue weighted by Gasteiger charge is 2.16. The van der Waals surface area contributed by atoms with Gasteiger partial charge in [-0.25, -0.2) is 4.79 Å². The third kappa shape index (κ3) is 4.06. The number of aliphatic carboxylic acids is 1. The smallest absolute Gasteiger partial charge is 0.317 e. The Balaban J connectivity index is 2.16. The van der Waals surface area contributed by atoms with Crippen molar-refractivity contribution in [3.05, 3.63) is 0 Å². The zero-order valence-corrected chi connectivity index (χ0v) is 9.53. The van der Waals surface area contributed by atoms with Gasteiger partial charge in [0.05, 0.1) is 5.92 Å². The van der Waals surface area contributed by atoms with Gasteiger partial charge in [0, 0.05) is 32.7 Å². The van der Waals surface area contributed by atoms with Gasteiger partial charge in [0.15, 0.2) is 0 Å². The minimum atomic E-state index is -0.823. The number of nitrogens with one attached hydrogen (secondary N) is 2. The molecule has 1 aliphatic rings. The van der Waals surface area contributed by atoms with Crippen molar-refractivity contribution in [3.63, 3.8) is 0 Å². The fraction of sp³-hybridized carbons (Fsp3) is 0.800. The SMILES string of the molecule is CC(CCNC(=O)N1CCNCC1)C(=O)O. The molecule has 3 N–H and O–H groups in total. The van der Waals surface area contributed by atoms with E-state index in [4.69, 9.17) is 5.11 Å². The van der Waals surface area contributed by atoms with Crippen LogP contribution >= 0.6 is 0 Å². The molecule has 6 heteroatoms. The van der Waals surface area contributed by atoms with Gasteiger partial charge in [-0.1, -0.05) is 6.92 Å². The summed E-state index contributed by atoms with van der Waals surface area (Å²) in [6.07, 6.45) is 0.465.